The van der Waals surface area contributed by atoms with Gasteiger partial charge in [-0.15, -0.1) is 0 Å². The van der Waals surface area contributed by atoms with Crippen molar-refractivity contribution in [3.05, 3.63) is 24.3 Å². The summed E-state index contributed by atoms with van der Waals surface area (Å²) in [4.78, 5) is 44.4. The highest BCUT2D eigenvalue weighted by molar-refractivity contribution is 5.96. The molecule has 1 heterocycles. The van der Waals surface area contributed by atoms with Gasteiger partial charge in [0.1, 0.15) is 17.8 Å². The van der Waals surface area contributed by atoms with Crippen LogP contribution in [0.4, 0.5) is 0 Å². The Balaban J connectivity index is 2.13. The number of carbonyl (C=O) groups excluding carboxylic acids is 2. The molecule has 142 valence electrons. The van der Waals surface area contributed by atoms with Crippen molar-refractivity contribution in [2.24, 2.45) is 5.92 Å². The van der Waals surface area contributed by atoms with Crippen LogP contribution in [0, 0.1) is 5.92 Å². The second kappa shape index (κ2) is 9.84. The second-order valence-corrected chi connectivity index (χ2v) is 6.63. The molecule has 1 aromatic heterocycles. The van der Waals surface area contributed by atoms with E-state index in [1.165, 1.54) is 18.6 Å². The highest BCUT2D eigenvalue weighted by Gasteiger charge is 2.33. The van der Waals surface area contributed by atoms with Crippen LogP contribution in [0.25, 0.3) is 0 Å². The number of nitrogens with zero attached hydrogens (tertiary/aromatic N) is 2. The van der Waals surface area contributed by atoms with Gasteiger partial charge in [0.25, 0.3) is 5.91 Å². The lowest BCUT2D eigenvalue weighted by molar-refractivity contribution is -0.142. The van der Waals surface area contributed by atoms with Crippen LogP contribution in [-0.4, -0.2) is 44.9 Å². The number of hydrogen-bond acceptors (Lipinski definition) is 5. The fourth-order valence-corrected chi connectivity index (χ4v) is 3.30. The predicted molar refractivity (Wildman–Crippen MR) is 94.3 cm³/mol. The molecule has 3 N–H and O–H groups in total. The van der Waals surface area contributed by atoms with Crippen molar-refractivity contribution >= 4 is 17.8 Å². The minimum Gasteiger partial charge on any atom is -0.480 e. The third-order valence-electron chi connectivity index (χ3n) is 4.68. The van der Waals surface area contributed by atoms with E-state index in [1.807, 2.05) is 6.92 Å². The van der Waals surface area contributed by atoms with E-state index in [-0.39, 0.29) is 11.6 Å². The van der Waals surface area contributed by atoms with Crippen LogP contribution in [0.15, 0.2) is 18.6 Å². The van der Waals surface area contributed by atoms with E-state index in [0.717, 1.165) is 32.1 Å². The fourth-order valence-electron chi connectivity index (χ4n) is 3.30. The summed E-state index contributed by atoms with van der Waals surface area (Å²) in [5.41, 5.74) is 0.129. The van der Waals surface area contributed by atoms with Crippen molar-refractivity contribution < 1.29 is 19.5 Å². The van der Waals surface area contributed by atoms with Gasteiger partial charge in [-0.3, -0.25) is 14.6 Å². The van der Waals surface area contributed by atoms with E-state index in [1.54, 1.807) is 0 Å². The first-order valence-corrected chi connectivity index (χ1v) is 9.13. The van der Waals surface area contributed by atoms with Gasteiger partial charge in [-0.25, -0.2) is 9.78 Å². The summed E-state index contributed by atoms with van der Waals surface area (Å²) in [5, 5.41) is 14.6. The van der Waals surface area contributed by atoms with Gasteiger partial charge in [0, 0.05) is 12.4 Å². The van der Waals surface area contributed by atoms with Crippen molar-refractivity contribution in [3.8, 4) is 0 Å². The largest absolute Gasteiger partial charge is 0.480 e. The number of aliphatic carboxylic acids is 1. The van der Waals surface area contributed by atoms with Gasteiger partial charge in [0.2, 0.25) is 5.91 Å². The standard InChI is InChI=1S/C18H26N4O4/c1-2-6-13(18(25)26)21-17(24)15(12-7-4-3-5-8-12)22-16(23)14-11-19-9-10-20-14/h9-13,15H,2-8H2,1H3,(H,21,24)(H,22,23)(H,25,26). The smallest absolute Gasteiger partial charge is 0.326 e. The Morgan fingerprint density at radius 2 is 1.92 bits per heavy atom. The monoisotopic (exact) mass is 362 g/mol. The van der Waals surface area contributed by atoms with Crippen molar-refractivity contribution in [2.75, 3.05) is 0 Å². The molecule has 26 heavy (non-hydrogen) atoms. The van der Waals surface area contributed by atoms with Crippen LogP contribution in [0.2, 0.25) is 0 Å². The molecule has 0 aliphatic heterocycles. The number of carbonyl (C=O) groups is 3. The molecule has 1 aliphatic rings. The Labute approximate surface area is 152 Å². The number of nitrogens with one attached hydrogen (secondary N) is 2. The molecule has 2 unspecified atom stereocenters. The van der Waals surface area contributed by atoms with E-state index < -0.39 is 29.9 Å². The molecule has 0 radical (unpaired) electrons. The summed E-state index contributed by atoms with van der Waals surface area (Å²) in [7, 11) is 0. The topological polar surface area (TPSA) is 121 Å². The Morgan fingerprint density at radius 1 is 1.19 bits per heavy atom. The minimum absolute atomic E-state index is 0.0135. The highest BCUT2D eigenvalue weighted by atomic mass is 16.4. The maximum atomic E-state index is 12.8. The van der Waals surface area contributed by atoms with Crippen molar-refractivity contribution in [1.29, 1.82) is 0 Å². The zero-order chi connectivity index (χ0) is 18.9. The number of rotatable bonds is 8. The normalized spacial score (nSPS) is 17.1. The fraction of sp³-hybridized carbons (Fsp3) is 0.611. The van der Waals surface area contributed by atoms with E-state index in [4.69, 9.17) is 0 Å². The lowest BCUT2D eigenvalue weighted by Crippen LogP contribution is -2.55. The maximum Gasteiger partial charge on any atom is 0.326 e. The van der Waals surface area contributed by atoms with Crippen LogP contribution in [0.5, 0.6) is 0 Å². The predicted octanol–water partition coefficient (Wildman–Crippen LogP) is 1.52. The van der Waals surface area contributed by atoms with Gasteiger partial charge in [0.05, 0.1) is 6.20 Å². The average Bonchev–Trinajstić information content (AvgIpc) is 2.66. The van der Waals surface area contributed by atoms with Gasteiger partial charge in [0.15, 0.2) is 0 Å². The van der Waals surface area contributed by atoms with Crippen LogP contribution in [0.3, 0.4) is 0 Å². The summed E-state index contributed by atoms with van der Waals surface area (Å²) in [6.45, 7) is 1.86. The number of carboxylic acids is 1. The first kappa shape index (κ1) is 19.8. The summed E-state index contributed by atoms with van der Waals surface area (Å²) in [6.07, 6.45) is 9.93. The van der Waals surface area contributed by atoms with E-state index in [0.29, 0.717) is 12.8 Å². The third kappa shape index (κ3) is 5.50. The molecule has 0 spiro atoms. The number of aromatic nitrogens is 2. The molecule has 1 saturated carbocycles. The molecule has 2 rings (SSSR count). The van der Waals surface area contributed by atoms with Crippen LogP contribution >= 0.6 is 0 Å². The molecule has 1 aromatic rings. The van der Waals surface area contributed by atoms with Crippen molar-refractivity contribution in [1.82, 2.24) is 20.6 Å². The lowest BCUT2D eigenvalue weighted by atomic mass is 9.83. The van der Waals surface area contributed by atoms with Gasteiger partial charge in [-0.2, -0.15) is 0 Å². The molecule has 0 aromatic carbocycles. The molecular formula is C18H26N4O4. The Kier molecular flexibility index (Phi) is 7.50. The van der Waals surface area contributed by atoms with Gasteiger partial charge in [-0.1, -0.05) is 32.6 Å². The quantitative estimate of drug-likeness (QED) is 0.645. The SMILES string of the molecule is CCCC(NC(=O)C(NC(=O)c1cnccn1)C1CCCCC1)C(=O)O. The molecular weight excluding hydrogens is 336 g/mol. The van der Waals surface area contributed by atoms with Gasteiger partial charge >= 0.3 is 5.97 Å². The molecule has 8 nitrogen and oxygen atoms in total. The molecule has 1 aliphatic carbocycles. The third-order valence-corrected chi connectivity index (χ3v) is 4.68. The lowest BCUT2D eigenvalue weighted by Gasteiger charge is -2.30. The molecule has 0 bridgehead atoms. The number of amides is 2. The summed E-state index contributed by atoms with van der Waals surface area (Å²) in [5.74, 6) is -2.01. The zero-order valence-corrected chi connectivity index (χ0v) is 15.0. The minimum atomic E-state index is -1.07. The second-order valence-electron chi connectivity index (χ2n) is 6.63. The Hall–Kier alpha value is -2.51. The van der Waals surface area contributed by atoms with Crippen LogP contribution in [-0.2, 0) is 9.59 Å². The summed E-state index contributed by atoms with van der Waals surface area (Å²) >= 11 is 0. The maximum absolute atomic E-state index is 12.8. The Bertz CT molecular complexity index is 617. The number of carboxylic acid groups (broad SMARTS) is 1. The first-order chi connectivity index (χ1) is 12.5. The Morgan fingerprint density at radius 3 is 2.50 bits per heavy atom. The zero-order valence-electron chi connectivity index (χ0n) is 15.0. The highest BCUT2D eigenvalue weighted by Crippen LogP contribution is 2.27. The molecule has 2 amide bonds. The van der Waals surface area contributed by atoms with E-state index >= 15 is 0 Å². The van der Waals surface area contributed by atoms with E-state index in [9.17, 15) is 19.5 Å². The molecule has 0 saturated heterocycles. The van der Waals surface area contributed by atoms with Crippen molar-refractivity contribution in [2.45, 2.75) is 64.0 Å². The molecule has 8 heteroatoms. The molecule has 1 fully saturated rings. The first-order valence-electron chi connectivity index (χ1n) is 9.13. The summed E-state index contributed by atoms with van der Waals surface area (Å²) in [6, 6.07) is -1.73. The van der Waals surface area contributed by atoms with Gasteiger partial charge in [-0.05, 0) is 25.2 Å². The van der Waals surface area contributed by atoms with Gasteiger partial charge < -0.3 is 15.7 Å². The number of hydrogen-bond donors (Lipinski definition) is 3. The summed E-state index contributed by atoms with van der Waals surface area (Å²) < 4.78 is 0. The average molecular weight is 362 g/mol. The molecule has 2 atom stereocenters. The van der Waals surface area contributed by atoms with Crippen molar-refractivity contribution in [3.63, 3.8) is 0 Å². The van der Waals surface area contributed by atoms with Crippen LogP contribution in [0.1, 0.15) is 62.4 Å². The van der Waals surface area contributed by atoms with Crippen LogP contribution < -0.4 is 10.6 Å². The van der Waals surface area contributed by atoms with E-state index in [2.05, 4.69) is 20.6 Å².